The fourth-order valence-electron chi connectivity index (χ4n) is 6.70. The third-order valence-electron chi connectivity index (χ3n) is 8.68. The summed E-state index contributed by atoms with van der Waals surface area (Å²) in [5.41, 5.74) is 2.74. The largest absolute Gasteiger partial charge is 0.274 e. The van der Waals surface area contributed by atoms with Crippen molar-refractivity contribution in [2.45, 2.75) is 48.0 Å². The summed E-state index contributed by atoms with van der Waals surface area (Å²) < 4.78 is 0. The Morgan fingerprint density at radius 3 is 1.72 bits per heavy atom. The summed E-state index contributed by atoms with van der Waals surface area (Å²) in [5, 5.41) is 0. The molecule has 1 saturated heterocycles. The molecule has 0 radical (unpaired) electrons. The Morgan fingerprint density at radius 1 is 0.880 bits per heavy atom. The molecule has 3 aliphatic rings. The summed E-state index contributed by atoms with van der Waals surface area (Å²) >= 11 is 0. The molecule has 0 aromatic heterocycles. The number of carbonyl (C=O) groups excluding carboxylic acids is 2. The molecule has 1 heterocycles. The van der Waals surface area contributed by atoms with Gasteiger partial charge in [0.15, 0.2) is 0 Å². The van der Waals surface area contributed by atoms with E-state index in [1.165, 1.54) is 16.0 Å². The number of fused-ring (bicyclic) bond motifs is 5. The molecule has 2 fully saturated rings. The maximum atomic E-state index is 13.5. The molecule has 25 heavy (non-hydrogen) atoms. The minimum absolute atomic E-state index is 0.0149. The smallest absolute Gasteiger partial charge is 0.238 e. The first-order valence-corrected chi connectivity index (χ1v) is 9.29. The van der Waals surface area contributed by atoms with Gasteiger partial charge in [-0.2, -0.15) is 0 Å². The Morgan fingerprint density at radius 2 is 1.32 bits per heavy atom. The molecular weight excluding hydrogens is 310 g/mol. The molecule has 1 saturated carbocycles. The van der Waals surface area contributed by atoms with Crippen LogP contribution in [0.15, 0.2) is 41.5 Å². The molecule has 0 N–H and O–H groups in total. The SMILES string of the molecule is CCC1(C)[C@@]2(C)C(C)=C(C)[C@]1(C)[C@@H]1C(=O)N(c3ccccc3)C(=O)[C@@H]12. The van der Waals surface area contributed by atoms with Crippen LogP contribution in [-0.4, -0.2) is 11.8 Å². The van der Waals surface area contributed by atoms with Crippen molar-refractivity contribution >= 4 is 17.5 Å². The minimum Gasteiger partial charge on any atom is -0.274 e. The molecule has 4 rings (SSSR count). The molecule has 1 unspecified atom stereocenters. The average molecular weight is 337 g/mol. The van der Waals surface area contributed by atoms with Crippen molar-refractivity contribution in [2.75, 3.05) is 4.90 Å². The average Bonchev–Trinajstić information content (AvgIpc) is 3.01. The summed E-state index contributed by atoms with van der Waals surface area (Å²) in [7, 11) is 0. The molecule has 5 atom stereocenters. The van der Waals surface area contributed by atoms with E-state index in [4.69, 9.17) is 0 Å². The van der Waals surface area contributed by atoms with Gasteiger partial charge in [-0.3, -0.25) is 9.59 Å². The van der Waals surface area contributed by atoms with Crippen molar-refractivity contribution in [2.24, 2.45) is 28.1 Å². The Labute approximate surface area is 150 Å². The normalized spacial score (nSPS) is 42.6. The van der Waals surface area contributed by atoms with E-state index in [9.17, 15) is 9.59 Å². The zero-order valence-corrected chi connectivity index (χ0v) is 16.0. The summed E-state index contributed by atoms with van der Waals surface area (Å²) in [6.45, 7) is 13.3. The summed E-state index contributed by atoms with van der Waals surface area (Å²) in [6.07, 6.45) is 0.966. The van der Waals surface area contributed by atoms with Gasteiger partial charge in [0, 0.05) is 10.8 Å². The molecular formula is C22H27NO2. The fraction of sp³-hybridized carbons (Fsp3) is 0.545. The third-order valence-corrected chi connectivity index (χ3v) is 8.68. The van der Waals surface area contributed by atoms with E-state index in [1.54, 1.807) is 0 Å². The van der Waals surface area contributed by atoms with E-state index in [0.717, 1.165) is 6.42 Å². The first-order valence-electron chi connectivity index (χ1n) is 9.29. The lowest BCUT2D eigenvalue weighted by Gasteiger charge is -2.46. The number of hydrogen-bond donors (Lipinski definition) is 0. The summed E-state index contributed by atoms with van der Waals surface area (Å²) in [6, 6.07) is 9.39. The van der Waals surface area contributed by atoms with E-state index in [-0.39, 0.29) is 39.9 Å². The van der Waals surface area contributed by atoms with Gasteiger partial charge in [0.05, 0.1) is 17.5 Å². The molecule has 1 aromatic rings. The van der Waals surface area contributed by atoms with Gasteiger partial charge in [-0.25, -0.2) is 4.90 Å². The predicted molar refractivity (Wildman–Crippen MR) is 98.9 cm³/mol. The van der Waals surface area contributed by atoms with E-state index in [2.05, 4.69) is 41.5 Å². The first-order chi connectivity index (χ1) is 11.7. The molecule has 3 heteroatoms. The number of imide groups is 1. The Bertz CT molecular complexity index is 780. The number of amides is 2. The van der Waals surface area contributed by atoms with Crippen molar-refractivity contribution in [1.82, 2.24) is 0 Å². The maximum Gasteiger partial charge on any atom is 0.238 e. The number of hydrogen-bond acceptors (Lipinski definition) is 2. The van der Waals surface area contributed by atoms with Gasteiger partial charge in [-0.05, 0) is 37.8 Å². The fourth-order valence-corrected chi connectivity index (χ4v) is 6.70. The standard InChI is InChI=1S/C22H27NO2/c1-7-20(4)21(5)13(2)14(3)22(20,6)17-16(21)18(24)23(19(17)25)15-11-9-8-10-12-15/h8-12,16-17H,7H2,1-6H3/t16-,17+,20?,21+,22-. The van der Waals surface area contributed by atoms with Gasteiger partial charge in [0.2, 0.25) is 11.8 Å². The molecule has 1 aliphatic heterocycles. The second-order valence-electron chi connectivity index (χ2n) is 8.64. The molecule has 2 aliphatic carbocycles. The first kappa shape index (κ1) is 16.6. The lowest BCUT2D eigenvalue weighted by atomic mass is 9.58. The Kier molecular flexibility index (Phi) is 3.07. The number of para-hydroxylation sites is 1. The van der Waals surface area contributed by atoms with Crippen LogP contribution in [0.3, 0.4) is 0 Å². The topological polar surface area (TPSA) is 37.4 Å². The van der Waals surface area contributed by atoms with Gasteiger partial charge in [-0.15, -0.1) is 0 Å². The van der Waals surface area contributed by atoms with Gasteiger partial charge < -0.3 is 0 Å². The lowest BCUT2D eigenvalue weighted by Crippen LogP contribution is -2.45. The van der Waals surface area contributed by atoms with E-state index >= 15 is 0 Å². The van der Waals surface area contributed by atoms with Crippen LogP contribution in [0.2, 0.25) is 0 Å². The second kappa shape index (κ2) is 4.63. The Balaban J connectivity index is 1.94. The number of benzene rings is 1. The van der Waals surface area contributed by atoms with Gasteiger partial charge >= 0.3 is 0 Å². The van der Waals surface area contributed by atoms with Crippen LogP contribution in [0, 0.1) is 28.1 Å². The van der Waals surface area contributed by atoms with Crippen LogP contribution in [0.1, 0.15) is 48.0 Å². The number of allylic oxidation sites excluding steroid dienone is 2. The highest BCUT2D eigenvalue weighted by Crippen LogP contribution is 2.80. The molecule has 2 amide bonds. The summed E-state index contributed by atoms with van der Waals surface area (Å²) in [4.78, 5) is 28.4. The van der Waals surface area contributed by atoms with Gasteiger partial charge in [0.25, 0.3) is 0 Å². The van der Waals surface area contributed by atoms with Crippen molar-refractivity contribution in [3.05, 3.63) is 41.5 Å². The van der Waals surface area contributed by atoms with Crippen molar-refractivity contribution in [1.29, 1.82) is 0 Å². The van der Waals surface area contributed by atoms with E-state index in [1.807, 2.05) is 30.3 Å². The molecule has 2 bridgehead atoms. The molecule has 3 nitrogen and oxygen atoms in total. The summed E-state index contributed by atoms with van der Waals surface area (Å²) in [5.74, 6) is -0.532. The lowest BCUT2D eigenvalue weighted by molar-refractivity contribution is -0.126. The van der Waals surface area contributed by atoms with Crippen LogP contribution < -0.4 is 4.90 Å². The van der Waals surface area contributed by atoms with Crippen LogP contribution in [0.5, 0.6) is 0 Å². The number of nitrogens with zero attached hydrogens (tertiary/aromatic N) is 1. The van der Waals surface area contributed by atoms with E-state index < -0.39 is 0 Å². The van der Waals surface area contributed by atoms with E-state index in [0.29, 0.717) is 5.69 Å². The van der Waals surface area contributed by atoms with Gasteiger partial charge in [0.1, 0.15) is 0 Å². The van der Waals surface area contributed by atoms with Crippen molar-refractivity contribution < 1.29 is 9.59 Å². The highest BCUT2D eigenvalue weighted by Gasteiger charge is 2.80. The molecule has 132 valence electrons. The third kappa shape index (κ3) is 1.43. The van der Waals surface area contributed by atoms with Crippen molar-refractivity contribution in [3.63, 3.8) is 0 Å². The zero-order valence-electron chi connectivity index (χ0n) is 16.0. The highest BCUT2D eigenvalue weighted by atomic mass is 16.2. The minimum atomic E-state index is -0.262. The quantitative estimate of drug-likeness (QED) is 0.585. The second-order valence-corrected chi connectivity index (χ2v) is 8.64. The predicted octanol–water partition coefficient (Wildman–Crippen LogP) is 4.58. The monoisotopic (exact) mass is 337 g/mol. The van der Waals surface area contributed by atoms with Gasteiger partial charge in [-0.1, -0.05) is 57.0 Å². The Hall–Kier alpha value is -1.90. The number of rotatable bonds is 2. The van der Waals surface area contributed by atoms with Crippen LogP contribution in [0.4, 0.5) is 5.69 Å². The highest BCUT2D eigenvalue weighted by molar-refractivity contribution is 6.23. The van der Waals surface area contributed by atoms with Crippen molar-refractivity contribution in [3.8, 4) is 0 Å². The number of carbonyl (C=O) groups is 2. The molecule has 1 aromatic carbocycles. The molecule has 0 spiro atoms. The maximum absolute atomic E-state index is 13.5. The zero-order chi connectivity index (χ0) is 18.4. The van der Waals surface area contributed by atoms with Crippen LogP contribution in [-0.2, 0) is 9.59 Å². The number of anilines is 1. The van der Waals surface area contributed by atoms with Crippen LogP contribution >= 0.6 is 0 Å². The van der Waals surface area contributed by atoms with Crippen LogP contribution in [0.25, 0.3) is 0 Å².